The molecule has 3 aromatic rings. The van der Waals surface area contributed by atoms with Crippen LogP contribution in [0, 0.1) is 0 Å². The molecule has 1 N–H and O–H groups in total. The molecule has 6 nitrogen and oxygen atoms in total. The van der Waals surface area contributed by atoms with E-state index in [0.29, 0.717) is 11.8 Å². The van der Waals surface area contributed by atoms with Crippen molar-refractivity contribution in [2.75, 3.05) is 26.2 Å². The van der Waals surface area contributed by atoms with E-state index < -0.39 is 0 Å². The van der Waals surface area contributed by atoms with E-state index in [0.717, 1.165) is 69.3 Å². The smallest absolute Gasteiger partial charge is 0.274 e. The fourth-order valence-electron chi connectivity index (χ4n) is 4.79. The average Bonchev–Trinajstić information content (AvgIpc) is 3.25. The van der Waals surface area contributed by atoms with Gasteiger partial charge in [0.2, 0.25) is 0 Å². The molecule has 162 valence electrons. The van der Waals surface area contributed by atoms with Crippen LogP contribution in [0.3, 0.4) is 0 Å². The molecule has 0 unspecified atom stereocenters. The molecule has 31 heavy (non-hydrogen) atoms. The zero-order valence-corrected chi connectivity index (χ0v) is 17.9. The summed E-state index contributed by atoms with van der Waals surface area (Å²) in [5.74, 6) is 0.0186. The summed E-state index contributed by atoms with van der Waals surface area (Å²) in [4.78, 5) is 17.4. The van der Waals surface area contributed by atoms with E-state index in [1.807, 2.05) is 29.2 Å². The molecule has 2 fully saturated rings. The van der Waals surface area contributed by atoms with Gasteiger partial charge in [0.05, 0.1) is 17.7 Å². The Morgan fingerprint density at radius 1 is 0.903 bits per heavy atom. The molecule has 0 atom stereocenters. The fourth-order valence-corrected chi connectivity index (χ4v) is 4.79. The van der Waals surface area contributed by atoms with Gasteiger partial charge >= 0.3 is 0 Å². The minimum Gasteiger partial charge on any atom is -0.375 e. The lowest BCUT2D eigenvalue weighted by Gasteiger charge is -2.37. The maximum atomic E-state index is 13.0. The van der Waals surface area contributed by atoms with Crippen molar-refractivity contribution in [2.24, 2.45) is 0 Å². The number of para-hydroxylation sites is 1. The van der Waals surface area contributed by atoms with E-state index in [4.69, 9.17) is 4.74 Å². The second-order valence-electron chi connectivity index (χ2n) is 8.71. The first-order valence-electron chi connectivity index (χ1n) is 11.4. The van der Waals surface area contributed by atoms with Crippen LogP contribution in [-0.4, -0.2) is 64.3 Å². The molecular weight excluding hydrogens is 388 g/mol. The Hall–Kier alpha value is -2.70. The van der Waals surface area contributed by atoms with Crippen LogP contribution in [0.2, 0.25) is 0 Å². The summed E-state index contributed by atoms with van der Waals surface area (Å²) >= 11 is 0. The van der Waals surface area contributed by atoms with Crippen molar-refractivity contribution in [3.63, 3.8) is 0 Å². The van der Waals surface area contributed by atoms with E-state index in [1.54, 1.807) is 0 Å². The SMILES string of the molecule is O=C(c1n[nH]c2ccccc12)N1CCC(OC2CCN(Cc3ccccc3)CC2)CC1. The lowest BCUT2D eigenvalue weighted by molar-refractivity contribution is -0.0629. The summed E-state index contributed by atoms with van der Waals surface area (Å²) in [6.45, 7) is 4.66. The van der Waals surface area contributed by atoms with Crippen LogP contribution in [0.4, 0.5) is 0 Å². The number of carbonyl (C=O) groups is 1. The number of H-pyrrole nitrogens is 1. The van der Waals surface area contributed by atoms with Gasteiger partial charge in [-0.3, -0.25) is 14.8 Å². The van der Waals surface area contributed by atoms with Crippen molar-refractivity contribution in [1.82, 2.24) is 20.0 Å². The summed E-state index contributed by atoms with van der Waals surface area (Å²) in [7, 11) is 0. The Balaban J connectivity index is 1.08. The predicted octanol–water partition coefficient (Wildman–Crippen LogP) is 3.85. The molecule has 2 saturated heterocycles. The molecule has 6 heteroatoms. The van der Waals surface area contributed by atoms with E-state index in [9.17, 15) is 4.79 Å². The molecule has 0 aliphatic carbocycles. The largest absolute Gasteiger partial charge is 0.375 e. The van der Waals surface area contributed by atoms with Crippen molar-refractivity contribution in [2.45, 2.75) is 44.4 Å². The number of carbonyl (C=O) groups excluding carboxylic acids is 1. The number of aromatic amines is 1. The molecule has 2 aliphatic rings. The minimum atomic E-state index is 0.0186. The maximum Gasteiger partial charge on any atom is 0.274 e. The molecule has 1 amide bonds. The molecule has 3 heterocycles. The Morgan fingerprint density at radius 2 is 1.55 bits per heavy atom. The number of fused-ring (bicyclic) bond motifs is 1. The molecule has 0 spiro atoms. The van der Waals surface area contributed by atoms with Gasteiger partial charge < -0.3 is 9.64 Å². The number of nitrogens with zero attached hydrogens (tertiary/aromatic N) is 3. The third kappa shape index (κ3) is 4.65. The van der Waals surface area contributed by atoms with Crippen molar-refractivity contribution in [3.05, 3.63) is 65.9 Å². The number of hydrogen-bond acceptors (Lipinski definition) is 4. The number of ether oxygens (including phenoxy) is 1. The molecule has 1 aromatic heterocycles. The van der Waals surface area contributed by atoms with E-state index in [2.05, 4.69) is 45.4 Å². The number of amides is 1. The van der Waals surface area contributed by atoms with E-state index >= 15 is 0 Å². The fraction of sp³-hybridized carbons (Fsp3) is 0.440. The van der Waals surface area contributed by atoms with Crippen molar-refractivity contribution < 1.29 is 9.53 Å². The number of piperidine rings is 2. The average molecular weight is 419 g/mol. The normalized spacial score (nSPS) is 19.2. The zero-order chi connectivity index (χ0) is 21.0. The lowest BCUT2D eigenvalue weighted by atomic mass is 10.0. The van der Waals surface area contributed by atoms with Crippen molar-refractivity contribution >= 4 is 16.8 Å². The highest BCUT2D eigenvalue weighted by Crippen LogP contribution is 2.24. The van der Waals surface area contributed by atoms with Gasteiger partial charge in [0.25, 0.3) is 5.91 Å². The summed E-state index contributed by atoms with van der Waals surface area (Å²) in [5.41, 5.74) is 2.81. The second-order valence-corrected chi connectivity index (χ2v) is 8.71. The van der Waals surface area contributed by atoms with Crippen LogP contribution in [0.1, 0.15) is 41.7 Å². The van der Waals surface area contributed by atoms with Crippen LogP contribution >= 0.6 is 0 Å². The number of likely N-dealkylation sites (tertiary alicyclic amines) is 2. The van der Waals surface area contributed by atoms with E-state index in [-0.39, 0.29) is 12.0 Å². The first-order valence-corrected chi connectivity index (χ1v) is 11.4. The third-order valence-corrected chi connectivity index (χ3v) is 6.57. The number of hydrogen-bond donors (Lipinski definition) is 1. The monoisotopic (exact) mass is 418 g/mol. The third-order valence-electron chi connectivity index (χ3n) is 6.57. The maximum absolute atomic E-state index is 13.0. The second kappa shape index (κ2) is 9.20. The highest BCUT2D eigenvalue weighted by atomic mass is 16.5. The van der Waals surface area contributed by atoms with Crippen LogP contribution in [0.15, 0.2) is 54.6 Å². The van der Waals surface area contributed by atoms with Gasteiger partial charge in [0.15, 0.2) is 5.69 Å². The Morgan fingerprint density at radius 3 is 2.29 bits per heavy atom. The van der Waals surface area contributed by atoms with Crippen LogP contribution in [0.25, 0.3) is 10.9 Å². The molecule has 2 aromatic carbocycles. The highest BCUT2D eigenvalue weighted by Gasteiger charge is 2.29. The van der Waals surface area contributed by atoms with Gasteiger partial charge in [0.1, 0.15) is 0 Å². The van der Waals surface area contributed by atoms with Crippen molar-refractivity contribution in [1.29, 1.82) is 0 Å². The minimum absolute atomic E-state index is 0.0186. The van der Waals surface area contributed by atoms with Gasteiger partial charge in [-0.2, -0.15) is 5.10 Å². The molecular formula is C25H30N4O2. The summed E-state index contributed by atoms with van der Waals surface area (Å²) in [6, 6.07) is 18.5. The highest BCUT2D eigenvalue weighted by molar-refractivity contribution is 6.04. The lowest BCUT2D eigenvalue weighted by Crippen LogP contribution is -2.43. The summed E-state index contributed by atoms with van der Waals surface area (Å²) in [5, 5.41) is 8.13. The molecule has 0 radical (unpaired) electrons. The van der Waals surface area contributed by atoms with Crippen molar-refractivity contribution in [3.8, 4) is 0 Å². The number of nitrogens with one attached hydrogen (secondary N) is 1. The number of rotatable bonds is 5. The molecule has 2 aliphatic heterocycles. The Kier molecular flexibility index (Phi) is 6.00. The first kappa shape index (κ1) is 20.2. The Bertz CT molecular complexity index is 1000. The van der Waals surface area contributed by atoms with Crippen LogP contribution in [0.5, 0.6) is 0 Å². The predicted molar refractivity (Wildman–Crippen MR) is 121 cm³/mol. The summed E-state index contributed by atoms with van der Waals surface area (Å²) in [6.07, 6.45) is 4.58. The molecule has 5 rings (SSSR count). The van der Waals surface area contributed by atoms with Gasteiger partial charge in [0, 0.05) is 38.1 Å². The molecule has 0 bridgehead atoms. The van der Waals surface area contributed by atoms with Gasteiger partial charge in [-0.15, -0.1) is 0 Å². The van der Waals surface area contributed by atoms with E-state index in [1.165, 1.54) is 5.56 Å². The summed E-state index contributed by atoms with van der Waals surface area (Å²) < 4.78 is 6.43. The Labute approximate surface area is 183 Å². The standard InChI is InChI=1S/C25H30N4O2/c30-25(24-22-8-4-5-9-23(22)26-27-24)29-16-12-21(13-17-29)31-20-10-14-28(15-11-20)18-19-6-2-1-3-7-19/h1-9,20-21H,10-18H2,(H,26,27). The van der Waals surface area contributed by atoms with Crippen LogP contribution < -0.4 is 0 Å². The van der Waals surface area contributed by atoms with Gasteiger partial charge in [-0.25, -0.2) is 0 Å². The molecule has 0 saturated carbocycles. The number of aromatic nitrogens is 2. The van der Waals surface area contributed by atoms with Crippen LogP contribution in [-0.2, 0) is 11.3 Å². The quantitative estimate of drug-likeness (QED) is 0.684. The number of benzene rings is 2. The zero-order valence-electron chi connectivity index (χ0n) is 17.9. The first-order chi connectivity index (χ1) is 15.3. The van der Waals surface area contributed by atoms with Gasteiger partial charge in [-0.05, 0) is 37.3 Å². The van der Waals surface area contributed by atoms with Gasteiger partial charge in [-0.1, -0.05) is 48.5 Å². The topological polar surface area (TPSA) is 61.5 Å².